The van der Waals surface area contributed by atoms with Crippen molar-refractivity contribution in [3.05, 3.63) is 0 Å². The van der Waals surface area contributed by atoms with E-state index in [2.05, 4.69) is 9.47 Å². The van der Waals surface area contributed by atoms with Crippen LogP contribution in [0.3, 0.4) is 0 Å². The molecule has 15 heavy (non-hydrogen) atoms. The molecule has 0 fully saturated rings. The Morgan fingerprint density at radius 1 is 1.07 bits per heavy atom. The molecule has 4 nitrogen and oxygen atoms in total. The lowest BCUT2D eigenvalue weighted by Gasteiger charge is -2.01. The largest absolute Gasteiger partial charge is 0.466 e. The Balaban J connectivity index is 0. The molecule has 0 heterocycles. The van der Waals surface area contributed by atoms with E-state index in [4.69, 9.17) is 11.6 Å². The summed E-state index contributed by atoms with van der Waals surface area (Å²) in [7, 11) is 0. The van der Waals surface area contributed by atoms with Gasteiger partial charge in [-0.2, -0.15) is 0 Å². The van der Waals surface area contributed by atoms with Crippen molar-refractivity contribution in [1.82, 2.24) is 0 Å². The van der Waals surface area contributed by atoms with Gasteiger partial charge in [0.25, 0.3) is 0 Å². The third-order valence-corrected chi connectivity index (χ3v) is 0.899. The molecule has 0 atom stereocenters. The Kier molecular flexibility index (Phi) is 12.6. The zero-order chi connectivity index (χ0) is 12.3. The molecule has 0 amide bonds. The second-order valence-corrected chi connectivity index (χ2v) is 3.92. The number of ether oxygens (including phenoxy) is 2. The molecular formula is C10H19ClO4. The van der Waals surface area contributed by atoms with E-state index >= 15 is 0 Å². The summed E-state index contributed by atoms with van der Waals surface area (Å²) in [4.78, 5) is 20.4. The fraction of sp³-hybridized carbons (Fsp3) is 0.800. The summed E-state index contributed by atoms with van der Waals surface area (Å²) >= 11 is 5.27. The molecule has 0 aliphatic carbocycles. The maximum Gasteiger partial charge on any atom is 0.302 e. The minimum atomic E-state index is -0.312. The molecule has 0 bridgehead atoms. The smallest absolute Gasteiger partial charge is 0.302 e. The highest BCUT2D eigenvalue weighted by Gasteiger charge is 1.94. The van der Waals surface area contributed by atoms with E-state index in [1.807, 2.05) is 13.8 Å². The van der Waals surface area contributed by atoms with Gasteiger partial charge in [-0.3, -0.25) is 9.59 Å². The first-order valence-corrected chi connectivity index (χ1v) is 5.20. The summed E-state index contributed by atoms with van der Waals surface area (Å²) < 4.78 is 9.19. The van der Waals surface area contributed by atoms with Gasteiger partial charge in [-0.1, -0.05) is 0 Å². The second-order valence-electron chi connectivity index (χ2n) is 3.05. The summed E-state index contributed by atoms with van der Waals surface area (Å²) in [5.41, 5.74) is 0. The van der Waals surface area contributed by atoms with Gasteiger partial charge < -0.3 is 9.47 Å². The molecular weight excluding hydrogens is 220 g/mol. The molecule has 0 aromatic rings. The summed E-state index contributed by atoms with van der Waals surface area (Å²) in [5.74, 6) is -0.624. The number of alkyl halides is 1. The van der Waals surface area contributed by atoms with Crippen molar-refractivity contribution in [2.45, 2.75) is 39.5 Å². The highest BCUT2D eigenvalue weighted by Crippen LogP contribution is 1.86. The predicted octanol–water partition coefficient (Wildman–Crippen LogP) is 2.14. The van der Waals surface area contributed by atoms with E-state index in [-0.39, 0.29) is 11.9 Å². The summed E-state index contributed by atoms with van der Waals surface area (Å²) in [6.07, 6.45) is 0.555. The first-order valence-electron chi connectivity index (χ1n) is 4.77. The molecule has 0 aromatic carbocycles. The summed E-state index contributed by atoms with van der Waals surface area (Å²) in [5, 5.41) is 0.306. The van der Waals surface area contributed by atoms with E-state index in [1.165, 1.54) is 13.8 Å². The quantitative estimate of drug-likeness (QED) is 0.428. The first kappa shape index (κ1) is 16.7. The fourth-order valence-corrected chi connectivity index (χ4v) is 0.491. The third kappa shape index (κ3) is 31.9. The van der Waals surface area contributed by atoms with Crippen LogP contribution in [0.15, 0.2) is 0 Å². The van der Waals surface area contributed by atoms with Gasteiger partial charge in [-0.15, -0.1) is 11.6 Å². The fourth-order valence-electron chi connectivity index (χ4n) is 0.491. The highest BCUT2D eigenvalue weighted by atomic mass is 35.5. The standard InChI is InChI=1S/C7H12O4.C3H7Cl/c1-6(8)10-4-3-5-11-7(2)9;1-3(2)4/h3-5H2,1-2H3;3H,1-2H3. The van der Waals surface area contributed by atoms with E-state index in [0.717, 1.165) is 0 Å². The molecule has 0 aromatic heterocycles. The van der Waals surface area contributed by atoms with Crippen LogP contribution in [0.5, 0.6) is 0 Å². The number of rotatable bonds is 4. The first-order chi connectivity index (χ1) is 6.86. The lowest BCUT2D eigenvalue weighted by Crippen LogP contribution is -2.06. The van der Waals surface area contributed by atoms with Crippen LogP contribution in [0.2, 0.25) is 0 Å². The van der Waals surface area contributed by atoms with Crippen LogP contribution in [0.4, 0.5) is 0 Å². The number of esters is 2. The highest BCUT2D eigenvalue weighted by molar-refractivity contribution is 6.20. The minimum absolute atomic E-state index is 0.306. The molecule has 0 unspecified atom stereocenters. The van der Waals surface area contributed by atoms with Crippen LogP contribution in [-0.2, 0) is 19.1 Å². The SMILES string of the molecule is CC(=O)OCCCOC(C)=O.CC(C)Cl. The van der Waals surface area contributed by atoms with Gasteiger partial charge in [0.2, 0.25) is 0 Å². The summed E-state index contributed by atoms with van der Waals surface area (Å²) in [6.45, 7) is 7.16. The van der Waals surface area contributed by atoms with E-state index in [1.54, 1.807) is 0 Å². The van der Waals surface area contributed by atoms with Crippen LogP contribution in [0.25, 0.3) is 0 Å². The van der Waals surface area contributed by atoms with E-state index in [0.29, 0.717) is 25.0 Å². The maximum absolute atomic E-state index is 10.2. The topological polar surface area (TPSA) is 52.6 Å². The Hall–Kier alpha value is -0.770. The minimum Gasteiger partial charge on any atom is -0.466 e. The normalized spacial score (nSPS) is 8.93. The van der Waals surface area contributed by atoms with Gasteiger partial charge in [0.15, 0.2) is 0 Å². The molecule has 0 aliphatic rings. The van der Waals surface area contributed by atoms with Crippen molar-refractivity contribution in [3.8, 4) is 0 Å². The zero-order valence-electron chi connectivity index (χ0n) is 9.71. The number of hydrogen-bond acceptors (Lipinski definition) is 4. The molecule has 0 N–H and O–H groups in total. The summed E-state index contributed by atoms with van der Waals surface area (Å²) in [6, 6.07) is 0. The molecule has 0 radical (unpaired) electrons. The van der Waals surface area contributed by atoms with Crippen molar-refractivity contribution in [2.24, 2.45) is 0 Å². The number of carbonyl (C=O) groups excluding carboxylic acids is 2. The molecule has 0 rings (SSSR count). The number of carbonyl (C=O) groups is 2. The van der Waals surface area contributed by atoms with Crippen molar-refractivity contribution < 1.29 is 19.1 Å². The average Bonchev–Trinajstić information content (AvgIpc) is 2.01. The third-order valence-electron chi connectivity index (χ3n) is 0.899. The Morgan fingerprint density at radius 3 is 1.53 bits per heavy atom. The van der Waals surface area contributed by atoms with Gasteiger partial charge in [-0.05, 0) is 13.8 Å². The van der Waals surface area contributed by atoms with Crippen LogP contribution in [0.1, 0.15) is 34.1 Å². The maximum atomic E-state index is 10.2. The Morgan fingerprint density at radius 2 is 1.33 bits per heavy atom. The molecule has 90 valence electrons. The average molecular weight is 239 g/mol. The lowest BCUT2D eigenvalue weighted by molar-refractivity contribution is -0.143. The molecule has 5 heteroatoms. The Bertz CT molecular complexity index is 162. The van der Waals surface area contributed by atoms with E-state index < -0.39 is 0 Å². The predicted molar refractivity (Wildman–Crippen MR) is 58.9 cm³/mol. The van der Waals surface area contributed by atoms with Crippen LogP contribution in [-0.4, -0.2) is 30.5 Å². The molecule has 0 saturated heterocycles. The molecule has 0 aliphatic heterocycles. The van der Waals surface area contributed by atoms with Crippen molar-refractivity contribution in [3.63, 3.8) is 0 Å². The second kappa shape index (κ2) is 11.3. The van der Waals surface area contributed by atoms with Crippen LogP contribution in [0, 0.1) is 0 Å². The van der Waals surface area contributed by atoms with Crippen LogP contribution < -0.4 is 0 Å². The monoisotopic (exact) mass is 238 g/mol. The van der Waals surface area contributed by atoms with Gasteiger partial charge in [-0.25, -0.2) is 0 Å². The van der Waals surface area contributed by atoms with Crippen molar-refractivity contribution in [2.75, 3.05) is 13.2 Å². The van der Waals surface area contributed by atoms with Gasteiger partial charge in [0.05, 0.1) is 13.2 Å². The zero-order valence-corrected chi connectivity index (χ0v) is 10.5. The van der Waals surface area contributed by atoms with Gasteiger partial charge in [0.1, 0.15) is 0 Å². The Labute approximate surface area is 95.9 Å². The van der Waals surface area contributed by atoms with Crippen molar-refractivity contribution >= 4 is 23.5 Å². The van der Waals surface area contributed by atoms with Gasteiger partial charge in [0, 0.05) is 25.6 Å². The van der Waals surface area contributed by atoms with Crippen molar-refractivity contribution in [1.29, 1.82) is 0 Å². The number of halogens is 1. The number of hydrogen-bond donors (Lipinski definition) is 0. The van der Waals surface area contributed by atoms with E-state index in [9.17, 15) is 9.59 Å². The van der Waals surface area contributed by atoms with Crippen LogP contribution >= 0.6 is 11.6 Å². The van der Waals surface area contributed by atoms with Gasteiger partial charge >= 0.3 is 11.9 Å². The lowest BCUT2D eigenvalue weighted by atomic mass is 10.5. The molecule has 0 spiro atoms. The molecule has 0 saturated carbocycles.